The van der Waals surface area contributed by atoms with Gasteiger partial charge in [0, 0.05) is 36.8 Å². The summed E-state index contributed by atoms with van der Waals surface area (Å²) in [5.74, 6) is -0.947. The van der Waals surface area contributed by atoms with Gasteiger partial charge in [-0.1, -0.05) is 11.6 Å². The normalized spacial score (nSPS) is 19.7. The second-order valence-corrected chi connectivity index (χ2v) is 5.10. The summed E-state index contributed by atoms with van der Waals surface area (Å²) in [5, 5.41) is 12.6. The molecule has 1 saturated heterocycles. The van der Waals surface area contributed by atoms with Gasteiger partial charge in [0.2, 0.25) is 0 Å². The summed E-state index contributed by atoms with van der Waals surface area (Å²) in [6.45, 7) is -1.32. The first-order valence-electron chi connectivity index (χ1n) is 6.38. The smallest absolute Gasteiger partial charge is 0.387 e. The molecule has 5 nitrogen and oxygen atoms in total. The second-order valence-electron chi connectivity index (χ2n) is 4.66. The highest BCUT2D eigenvalue weighted by Crippen LogP contribution is 2.26. The van der Waals surface area contributed by atoms with Crippen LogP contribution in [0.25, 0.3) is 0 Å². The van der Waals surface area contributed by atoms with E-state index >= 15 is 0 Å². The van der Waals surface area contributed by atoms with Crippen molar-refractivity contribution in [2.45, 2.75) is 19.2 Å². The molecule has 1 heterocycles. The molecule has 0 aromatic heterocycles. The first kappa shape index (κ1) is 15.9. The molecule has 0 aliphatic carbocycles. The van der Waals surface area contributed by atoms with Crippen molar-refractivity contribution < 1.29 is 23.4 Å². The van der Waals surface area contributed by atoms with E-state index in [2.05, 4.69) is 10.1 Å². The molecule has 116 valence electrons. The van der Waals surface area contributed by atoms with Crippen molar-refractivity contribution in [2.24, 2.45) is 0 Å². The Balaban J connectivity index is 2.20. The summed E-state index contributed by atoms with van der Waals surface area (Å²) in [6, 6.07) is 3.62. The maximum Gasteiger partial charge on any atom is 0.387 e. The predicted molar refractivity (Wildman–Crippen MR) is 72.8 cm³/mol. The van der Waals surface area contributed by atoms with Crippen LogP contribution in [0.1, 0.15) is 5.56 Å². The van der Waals surface area contributed by atoms with E-state index in [9.17, 15) is 18.7 Å². The number of rotatable bonds is 5. The van der Waals surface area contributed by atoms with Crippen LogP contribution in [-0.2, 0) is 11.3 Å². The van der Waals surface area contributed by atoms with Crippen LogP contribution < -0.4 is 10.1 Å². The first-order chi connectivity index (χ1) is 9.97. The standard InChI is InChI=1S/C13H15ClF2N2O3/c14-9-1-2-11(21-13(15)16)8(5-9)7-18-4-3-17-6-10(18)12(19)20/h1-2,5,10,13,17H,3-4,6-7H2,(H,19,20). The number of halogens is 3. The third-order valence-corrected chi connectivity index (χ3v) is 3.49. The van der Waals surface area contributed by atoms with Gasteiger partial charge in [-0.05, 0) is 18.2 Å². The number of ether oxygens (including phenoxy) is 1. The average Bonchev–Trinajstić information content (AvgIpc) is 2.42. The quantitative estimate of drug-likeness (QED) is 0.866. The molecule has 1 aromatic rings. The van der Waals surface area contributed by atoms with E-state index in [0.717, 1.165) is 0 Å². The van der Waals surface area contributed by atoms with Gasteiger partial charge >= 0.3 is 12.6 Å². The lowest BCUT2D eigenvalue weighted by atomic mass is 10.1. The van der Waals surface area contributed by atoms with Crippen molar-refractivity contribution in [3.05, 3.63) is 28.8 Å². The number of benzene rings is 1. The van der Waals surface area contributed by atoms with Crippen LogP contribution in [0.4, 0.5) is 8.78 Å². The number of aliphatic carboxylic acids is 1. The van der Waals surface area contributed by atoms with Crippen LogP contribution in [0, 0.1) is 0 Å². The Hall–Kier alpha value is -1.44. The number of piperazine rings is 1. The zero-order chi connectivity index (χ0) is 15.4. The van der Waals surface area contributed by atoms with Crippen molar-refractivity contribution >= 4 is 17.6 Å². The van der Waals surface area contributed by atoms with Crippen molar-refractivity contribution in [2.75, 3.05) is 19.6 Å². The van der Waals surface area contributed by atoms with Gasteiger partial charge in [0.1, 0.15) is 11.8 Å². The van der Waals surface area contributed by atoms with Gasteiger partial charge in [0.05, 0.1) is 0 Å². The Morgan fingerprint density at radius 3 is 3.00 bits per heavy atom. The summed E-state index contributed by atoms with van der Waals surface area (Å²) in [5.41, 5.74) is 0.441. The molecule has 1 unspecified atom stereocenters. The van der Waals surface area contributed by atoms with E-state index in [-0.39, 0.29) is 12.3 Å². The van der Waals surface area contributed by atoms with Crippen LogP contribution in [0.2, 0.25) is 5.02 Å². The molecule has 21 heavy (non-hydrogen) atoms. The fraction of sp³-hybridized carbons (Fsp3) is 0.462. The minimum atomic E-state index is -2.94. The van der Waals surface area contributed by atoms with Gasteiger partial charge in [-0.3, -0.25) is 9.69 Å². The highest BCUT2D eigenvalue weighted by Gasteiger charge is 2.29. The Bertz CT molecular complexity index is 516. The van der Waals surface area contributed by atoms with E-state index in [1.807, 2.05) is 0 Å². The minimum Gasteiger partial charge on any atom is -0.480 e. The van der Waals surface area contributed by atoms with Crippen LogP contribution in [-0.4, -0.2) is 48.3 Å². The van der Waals surface area contributed by atoms with E-state index in [1.54, 1.807) is 4.90 Å². The zero-order valence-electron chi connectivity index (χ0n) is 11.1. The summed E-state index contributed by atoms with van der Waals surface area (Å²) >= 11 is 5.88. The van der Waals surface area contributed by atoms with Gasteiger partial charge in [-0.15, -0.1) is 0 Å². The van der Waals surface area contributed by atoms with E-state index in [4.69, 9.17) is 11.6 Å². The first-order valence-corrected chi connectivity index (χ1v) is 6.76. The molecular formula is C13H15ClF2N2O3. The maximum absolute atomic E-state index is 12.4. The highest BCUT2D eigenvalue weighted by atomic mass is 35.5. The molecule has 1 aliphatic rings. The van der Waals surface area contributed by atoms with Crippen molar-refractivity contribution in [1.82, 2.24) is 10.2 Å². The lowest BCUT2D eigenvalue weighted by Crippen LogP contribution is -2.54. The van der Waals surface area contributed by atoms with Crippen LogP contribution in [0.3, 0.4) is 0 Å². The highest BCUT2D eigenvalue weighted by molar-refractivity contribution is 6.30. The molecule has 0 saturated carbocycles. The number of hydrogen-bond donors (Lipinski definition) is 2. The Kier molecular flexibility index (Phi) is 5.33. The molecule has 0 spiro atoms. The SMILES string of the molecule is O=C(O)C1CNCCN1Cc1cc(Cl)ccc1OC(F)F. The summed E-state index contributed by atoms with van der Waals surface area (Å²) < 4.78 is 29.3. The molecule has 1 aromatic carbocycles. The second kappa shape index (κ2) is 7.02. The van der Waals surface area contributed by atoms with Crippen LogP contribution in [0.5, 0.6) is 5.75 Å². The van der Waals surface area contributed by atoms with Crippen LogP contribution >= 0.6 is 11.6 Å². The monoisotopic (exact) mass is 320 g/mol. The molecule has 2 rings (SSSR count). The number of alkyl halides is 2. The van der Waals surface area contributed by atoms with Crippen molar-refractivity contribution in [3.63, 3.8) is 0 Å². The molecule has 8 heteroatoms. The van der Waals surface area contributed by atoms with Crippen molar-refractivity contribution in [3.8, 4) is 5.75 Å². The molecule has 1 fully saturated rings. The molecule has 1 aliphatic heterocycles. The van der Waals surface area contributed by atoms with E-state index in [1.165, 1.54) is 18.2 Å². The lowest BCUT2D eigenvalue weighted by molar-refractivity contribution is -0.144. The average molecular weight is 321 g/mol. The third-order valence-electron chi connectivity index (χ3n) is 3.25. The molecule has 0 radical (unpaired) electrons. The summed E-state index contributed by atoms with van der Waals surface area (Å²) in [7, 11) is 0. The maximum atomic E-state index is 12.4. The van der Waals surface area contributed by atoms with Gasteiger partial charge in [0.25, 0.3) is 0 Å². The topological polar surface area (TPSA) is 61.8 Å². The fourth-order valence-corrected chi connectivity index (χ4v) is 2.48. The number of nitrogens with one attached hydrogen (secondary N) is 1. The number of carboxylic acid groups (broad SMARTS) is 1. The fourth-order valence-electron chi connectivity index (χ4n) is 2.28. The Morgan fingerprint density at radius 2 is 2.33 bits per heavy atom. The molecule has 2 N–H and O–H groups in total. The molecule has 1 atom stereocenters. The molecule has 0 amide bonds. The van der Waals surface area contributed by atoms with Crippen molar-refractivity contribution in [1.29, 1.82) is 0 Å². The third kappa shape index (κ3) is 4.26. The molecule has 0 bridgehead atoms. The van der Waals surface area contributed by atoms with Gasteiger partial charge < -0.3 is 15.2 Å². The van der Waals surface area contributed by atoms with Gasteiger partial charge in [0.15, 0.2) is 0 Å². The minimum absolute atomic E-state index is 0.0112. The van der Waals surface area contributed by atoms with Crippen LogP contribution in [0.15, 0.2) is 18.2 Å². The van der Waals surface area contributed by atoms with E-state index < -0.39 is 18.6 Å². The number of hydrogen-bond acceptors (Lipinski definition) is 4. The Labute approximate surface area is 125 Å². The Morgan fingerprint density at radius 1 is 1.57 bits per heavy atom. The zero-order valence-corrected chi connectivity index (χ0v) is 11.8. The summed E-state index contributed by atoms with van der Waals surface area (Å²) in [6.07, 6.45) is 0. The van der Waals surface area contributed by atoms with E-state index in [0.29, 0.717) is 30.2 Å². The molecular weight excluding hydrogens is 306 g/mol. The number of carboxylic acids is 1. The number of nitrogens with zero attached hydrogens (tertiary/aromatic N) is 1. The largest absolute Gasteiger partial charge is 0.480 e. The summed E-state index contributed by atoms with van der Waals surface area (Å²) in [4.78, 5) is 12.9. The van der Waals surface area contributed by atoms with Gasteiger partial charge in [-0.2, -0.15) is 8.78 Å². The lowest BCUT2D eigenvalue weighted by Gasteiger charge is -2.33. The number of carbonyl (C=O) groups is 1. The predicted octanol–water partition coefficient (Wildman–Crippen LogP) is 1.80. The van der Waals surface area contributed by atoms with Gasteiger partial charge in [-0.25, -0.2) is 0 Å².